The molecule has 4 atom stereocenters. The molecule has 0 rings (SSSR count). The summed E-state index contributed by atoms with van der Waals surface area (Å²) >= 11 is 3.02. The molecule has 0 aliphatic heterocycles. The van der Waals surface area contributed by atoms with Crippen LogP contribution in [0.2, 0.25) is 0 Å². The van der Waals surface area contributed by atoms with Crippen molar-refractivity contribution in [3.8, 4) is 0 Å². The van der Waals surface area contributed by atoms with E-state index in [4.69, 9.17) is 18.9 Å². The normalized spacial score (nSPS) is 14.5. The highest BCUT2D eigenvalue weighted by molar-refractivity contribution is 8.17. The average Bonchev–Trinajstić information content (AvgIpc) is 2.65. The Hall–Kier alpha value is -1.95. The molecule has 0 aromatic rings. The number of carbonyl (C=O) groups is 5. The van der Waals surface area contributed by atoms with Gasteiger partial charge in [-0.3, -0.25) is 24.0 Å². The first-order valence-corrected chi connectivity index (χ1v) is 12.2. The third kappa shape index (κ3) is 12.2. The van der Waals surface area contributed by atoms with Gasteiger partial charge in [-0.15, -0.1) is 23.5 Å². The predicted octanol–water partition coefficient (Wildman–Crippen LogP) is 1.68. The molecule has 0 bridgehead atoms. The van der Waals surface area contributed by atoms with Crippen molar-refractivity contribution in [2.45, 2.75) is 77.4 Å². The van der Waals surface area contributed by atoms with Gasteiger partial charge >= 0.3 is 23.9 Å². The fourth-order valence-corrected chi connectivity index (χ4v) is 5.53. The maximum absolute atomic E-state index is 12.0. The van der Waals surface area contributed by atoms with E-state index in [-0.39, 0.29) is 4.58 Å². The largest absolute Gasteiger partial charge is 0.462 e. The highest BCUT2D eigenvalue weighted by atomic mass is 32.2. The molecule has 10 nitrogen and oxygen atoms in total. The highest BCUT2D eigenvalue weighted by Gasteiger charge is 2.45. The molecule has 0 aliphatic rings. The van der Waals surface area contributed by atoms with Crippen LogP contribution in [-0.2, 0) is 42.9 Å². The van der Waals surface area contributed by atoms with Crippen LogP contribution < -0.4 is 5.32 Å². The molecule has 0 spiro atoms. The summed E-state index contributed by atoms with van der Waals surface area (Å²) in [6, 6.07) is -0.814. The maximum Gasteiger partial charge on any atom is 0.303 e. The van der Waals surface area contributed by atoms with Crippen LogP contribution in [0.4, 0.5) is 0 Å². The number of esters is 4. The minimum Gasteiger partial charge on any atom is -0.462 e. The molecule has 0 radical (unpaired) electrons. The molecule has 0 unspecified atom stereocenters. The first-order chi connectivity index (χ1) is 14.9. The number of thioether (sulfide) groups is 2. The van der Waals surface area contributed by atoms with E-state index in [1.54, 1.807) is 0 Å². The van der Waals surface area contributed by atoms with Gasteiger partial charge in [0.1, 0.15) is 6.61 Å². The SMILES string of the molecule is CCSC(SCC)[C@H](NC(C)=O)[C@@H](OC(C)=O)[C@H](OC(C)=O)[C@@H](COC(C)=O)OC(C)=O. The third-order valence-corrected chi connectivity index (χ3v) is 6.47. The van der Waals surface area contributed by atoms with Crippen LogP contribution in [0.1, 0.15) is 48.5 Å². The number of carbonyl (C=O) groups excluding carboxylic acids is 5. The van der Waals surface area contributed by atoms with Crippen LogP contribution in [0.3, 0.4) is 0 Å². The van der Waals surface area contributed by atoms with Crippen molar-refractivity contribution in [2.24, 2.45) is 0 Å². The molecule has 0 aromatic carbocycles. The van der Waals surface area contributed by atoms with Gasteiger partial charge in [-0.2, -0.15) is 0 Å². The van der Waals surface area contributed by atoms with Gasteiger partial charge in [0.2, 0.25) is 5.91 Å². The number of amides is 1. The lowest BCUT2D eigenvalue weighted by Crippen LogP contribution is -2.59. The summed E-state index contributed by atoms with van der Waals surface area (Å²) in [5, 5.41) is 2.78. The summed E-state index contributed by atoms with van der Waals surface area (Å²) in [6.07, 6.45) is -3.86. The van der Waals surface area contributed by atoms with Crippen molar-refractivity contribution < 1.29 is 42.9 Å². The summed E-state index contributed by atoms with van der Waals surface area (Å²) in [7, 11) is 0. The molecule has 1 N–H and O–H groups in total. The number of hydrogen-bond acceptors (Lipinski definition) is 11. The summed E-state index contributed by atoms with van der Waals surface area (Å²) in [5.74, 6) is -1.81. The van der Waals surface area contributed by atoms with Gasteiger partial charge in [-0.1, -0.05) is 13.8 Å². The van der Waals surface area contributed by atoms with Crippen molar-refractivity contribution in [2.75, 3.05) is 18.1 Å². The zero-order chi connectivity index (χ0) is 24.8. The van der Waals surface area contributed by atoms with E-state index in [1.165, 1.54) is 44.3 Å². The number of hydrogen-bond donors (Lipinski definition) is 1. The van der Waals surface area contributed by atoms with E-state index >= 15 is 0 Å². The van der Waals surface area contributed by atoms with Gasteiger partial charge in [-0.05, 0) is 11.5 Å². The second-order valence-electron chi connectivity index (χ2n) is 6.60. The van der Waals surface area contributed by atoms with E-state index in [1.807, 2.05) is 13.8 Å². The van der Waals surface area contributed by atoms with Crippen molar-refractivity contribution >= 4 is 53.3 Å². The lowest BCUT2D eigenvalue weighted by Gasteiger charge is -2.38. The maximum atomic E-state index is 12.0. The van der Waals surface area contributed by atoms with E-state index in [0.717, 1.165) is 13.8 Å². The van der Waals surface area contributed by atoms with E-state index in [9.17, 15) is 24.0 Å². The first-order valence-electron chi connectivity index (χ1n) is 10.1. The van der Waals surface area contributed by atoms with Crippen LogP contribution in [-0.4, -0.2) is 76.8 Å². The van der Waals surface area contributed by atoms with E-state index < -0.39 is 60.7 Å². The Morgan fingerprint density at radius 3 is 1.56 bits per heavy atom. The Bertz CT molecular complexity index is 653. The minimum absolute atomic E-state index is 0.289. The third-order valence-electron chi connectivity index (χ3n) is 3.74. The van der Waals surface area contributed by atoms with E-state index in [2.05, 4.69) is 5.32 Å². The van der Waals surface area contributed by atoms with Crippen molar-refractivity contribution in [1.82, 2.24) is 5.32 Å². The molecular formula is C20H33NO9S2. The molecule has 0 fully saturated rings. The molecule has 0 saturated carbocycles. The smallest absolute Gasteiger partial charge is 0.303 e. The molecule has 0 aliphatic carbocycles. The minimum atomic E-state index is -1.35. The zero-order valence-electron chi connectivity index (χ0n) is 19.5. The van der Waals surface area contributed by atoms with Crippen LogP contribution in [0.5, 0.6) is 0 Å². The summed E-state index contributed by atoms with van der Waals surface area (Å²) in [4.78, 5) is 59.1. The average molecular weight is 496 g/mol. The lowest BCUT2D eigenvalue weighted by molar-refractivity contribution is -0.191. The lowest BCUT2D eigenvalue weighted by atomic mass is 10.0. The standard InChI is InChI=1S/C20H33NO9S2/c1-8-31-20(32-9-2)17(21-11(3)22)19(30-15(7)26)18(29-14(6)25)16(28-13(5)24)10-27-12(4)23/h16-20H,8-10H2,1-7H3,(H,21,22)/t16-,17-,18-,19-/m1/s1. The molecular weight excluding hydrogens is 462 g/mol. The first kappa shape index (κ1) is 30.0. The topological polar surface area (TPSA) is 134 Å². The highest BCUT2D eigenvalue weighted by Crippen LogP contribution is 2.32. The number of nitrogens with one attached hydrogen (secondary N) is 1. The van der Waals surface area contributed by atoms with Crippen LogP contribution >= 0.6 is 23.5 Å². The Balaban J connectivity index is 6.51. The quantitative estimate of drug-likeness (QED) is 0.214. The van der Waals surface area contributed by atoms with Crippen LogP contribution in [0.15, 0.2) is 0 Å². The van der Waals surface area contributed by atoms with Gasteiger partial charge in [0.05, 0.1) is 10.6 Å². The van der Waals surface area contributed by atoms with Gasteiger partial charge in [-0.25, -0.2) is 0 Å². The predicted molar refractivity (Wildman–Crippen MR) is 121 cm³/mol. The number of rotatable bonds is 14. The van der Waals surface area contributed by atoms with Crippen LogP contribution in [0.25, 0.3) is 0 Å². The Morgan fingerprint density at radius 1 is 0.719 bits per heavy atom. The van der Waals surface area contributed by atoms with Crippen molar-refractivity contribution in [3.63, 3.8) is 0 Å². The van der Waals surface area contributed by atoms with Gasteiger partial charge in [0, 0.05) is 34.6 Å². The molecule has 0 saturated heterocycles. The fraction of sp³-hybridized carbons (Fsp3) is 0.750. The van der Waals surface area contributed by atoms with E-state index in [0.29, 0.717) is 11.5 Å². The Morgan fingerprint density at radius 2 is 1.19 bits per heavy atom. The Labute approximate surface area is 197 Å². The molecule has 1 amide bonds. The van der Waals surface area contributed by atoms with Gasteiger partial charge < -0.3 is 24.3 Å². The Kier molecular flexibility index (Phi) is 14.8. The summed E-state index contributed by atoms with van der Waals surface area (Å²) in [5.41, 5.74) is 0. The van der Waals surface area contributed by atoms with Crippen molar-refractivity contribution in [1.29, 1.82) is 0 Å². The second kappa shape index (κ2) is 15.8. The summed E-state index contributed by atoms with van der Waals surface area (Å²) in [6.45, 7) is 9.36. The fourth-order valence-electron chi connectivity index (χ4n) is 2.81. The second-order valence-corrected chi connectivity index (χ2v) is 9.74. The molecule has 32 heavy (non-hydrogen) atoms. The monoisotopic (exact) mass is 495 g/mol. The molecule has 184 valence electrons. The molecule has 12 heteroatoms. The molecule has 0 heterocycles. The summed E-state index contributed by atoms with van der Waals surface area (Å²) < 4.78 is 20.9. The number of ether oxygens (including phenoxy) is 4. The van der Waals surface area contributed by atoms with Crippen LogP contribution in [0, 0.1) is 0 Å². The van der Waals surface area contributed by atoms with Gasteiger partial charge in [0.15, 0.2) is 18.3 Å². The van der Waals surface area contributed by atoms with Gasteiger partial charge in [0.25, 0.3) is 0 Å². The van der Waals surface area contributed by atoms with Crippen molar-refractivity contribution in [3.05, 3.63) is 0 Å². The zero-order valence-corrected chi connectivity index (χ0v) is 21.1. The molecule has 0 aromatic heterocycles.